The van der Waals surface area contributed by atoms with Gasteiger partial charge >= 0.3 is 0 Å². The first-order chi connectivity index (χ1) is 14.0. The zero-order valence-electron chi connectivity index (χ0n) is 16.1. The van der Waals surface area contributed by atoms with Crippen LogP contribution < -0.4 is 20.1 Å². The highest BCUT2D eigenvalue weighted by molar-refractivity contribution is 7.89. The maximum absolute atomic E-state index is 12.4. The lowest BCUT2D eigenvalue weighted by Crippen LogP contribution is -2.29. The molecule has 9 nitrogen and oxygen atoms in total. The van der Waals surface area contributed by atoms with Crippen LogP contribution in [0.2, 0.25) is 0 Å². The molecule has 29 heavy (non-hydrogen) atoms. The number of sulfonamides is 1. The van der Waals surface area contributed by atoms with Crippen molar-refractivity contribution in [3.8, 4) is 5.75 Å². The summed E-state index contributed by atoms with van der Waals surface area (Å²) in [6.45, 7) is 2.36. The topological polar surface area (TPSA) is 118 Å². The molecule has 0 unspecified atom stereocenters. The molecular formula is C19H22N6O3S. The zero-order chi connectivity index (χ0) is 20.7. The number of ether oxygens (including phenoxy) is 1. The number of methoxy groups -OCH3 is 1. The lowest BCUT2D eigenvalue weighted by molar-refractivity contribution is 0.411. The Morgan fingerprint density at radius 2 is 1.83 bits per heavy atom. The molecule has 0 spiro atoms. The Balaban J connectivity index is 1.49. The third kappa shape index (κ3) is 5.62. The van der Waals surface area contributed by atoms with Gasteiger partial charge < -0.3 is 15.4 Å². The van der Waals surface area contributed by atoms with E-state index >= 15 is 0 Å². The van der Waals surface area contributed by atoms with E-state index in [1.54, 1.807) is 50.7 Å². The van der Waals surface area contributed by atoms with E-state index in [0.717, 1.165) is 11.3 Å². The van der Waals surface area contributed by atoms with Gasteiger partial charge in [-0.05, 0) is 55.0 Å². The van der Waals surface area contributed by atoms with Gasteiger partial charge in [-0.3, -0.25) is 4.98 Å². The van der Waals surface area contributed by atoms with E-state index < -0.39 is 10.0 Å². The Morgan fingerprint density at radius 3 is 2.48 bits per heavy atom. The molecule has 3 aromatic rings. The fraction of sp³-hybridized carbons (Fsp3) is 0.211. The number of aromatic nitrogens is 3. The van der Waals surface area contributed by atoms with E-state index in [1.165, 1.54) is 6.07 Å². The number of nitrogens with one attached hydrogen (secondary N) is 3. The summed E-state index contributed by atoms with van der Waals surface area (Å²) in [5.41, 5.74) is 1.56. The highest BCUT2D eigenvalue weighted by atomic mass is 32.2. The van der Waals surface area contributed by atoms with Gasteiger partial charge in [0.1, 0.15) is 11.6 Å². The smallest absolute Gasteiger partial charge is 0.240 e. The molecule has 0 fully saturated rings. The maximum Gasteiger partial charge on any atom is 0.240 e. The molecule has 152 valence electrons. The van der Waals surface area contributed by atoms with Crippen molar-refractivity contribution in [3.63, 3.8) is 0 Å². The van der Waals surface area contributed by atoms with Gasteiger partial charge in [0, 0.05) is 19.3 Å². The fourth-order valence-corrected chi connectivity index (χ4v) is 3.67. The van der Waals surface area contributed by atoms with Gasteiger partial charge in [0.2, 0.25) is 10.0 Å². The number of pyridine rings is 1. The maximum atomic E-state index is 12.4. The van der Waals surface area contributed by atoms with E-state index in [4.69, 9.17) is 4.74 Å². The predicted molar refractivity (Wildman–Crippen MR) is 111 cm³/mol. The normalized spacial score (nSPS) is 11.1. The number of aryl methyl sites for hydroxylation is 1. The molecule has 0 atom stereocenters. The van der Waals surface area contributed by atoms with E-state index in [2.05, 4.69) is 30.5 Å². The quantitative estimate of drug-likeness (QED) is 0.457. The van der Waals surface area contributed by atoms with Crippen LogP contribution in [0.15, 0.2) is 59.8 Å². The van der Waals surface area contributed by atoms with Gasteiger partial charge in [0.25, 0.3) is 0 Å². The minimum absolute atomic E-state index is 0.196. The van der Waals surface area contributed by atoms with Crippen LogP contribution in [0.25, 0.3) is 0 Å². The van der Waals surface area contributed by atoms with E-state index in [9.17, 15) is 8.42 Å². The van der Waals surface area contributed by atoms with Crippen LogP contribution in [-0.2, 0) is 10.0 Å². The van der Waals surface area contributed by atoms with Crippen molar-refractivity contribution in [2.45, 2.75) is 11.8 Å². The molecule has 0 bridgehead atoms. The molecule has 10 heteroatoms. The second-order valence-corrected chi connectivity index (χ2v) is 7.89. The van der Waals surface area contributed by atoms with E-state index in [1.807, 2.05) is 12.1 Å². The molecule has 2 aromatic heterocycles. The number of anilines is 3. The third-order valence-corrected chi connectivity index (χ3v) is 5.46. The van der Waals surface area contributed by atoms with Gasteiger partial charge in [-0.25, -0.2) is 13.1 Å². The highest BCUT2D eigenvalue weighted by Gasteiger charge is 2.14. The molecular weight excluding hydrogens is 392 g/mol. The van der Waals surface area contributed by atoms with Crippen molar-refractivity contribution in [3.05, 3.63) is 60.4 Å². The summed E-state index contributed by atoms with van der Waals surface area (Å²) >= 11 is 0. The lowest BCUT2D eigenvalue weighted by Gasteiger charge is -2.10. The van der Waals surface area contributed by atoms with Crippen LogP contribution in [0, 0.1) is 6.92 Å². The van der Waals surface area contributed by atoms with E-state index in [-0.39, 0.29) is 11.4 Å². The summed E-state index contributed by atoms with van der Waals surface area (Å²) in [5.74, 6) is 1.77. The molecule has 0 aliphatic carbocycles. The second kappa shape index (κ2) is 9.30. The lowest BCUT2D eigenvalue weighted by atomic mass is 10.2. The molecule has 3 N–H and O–H groups in total. The van der Waals surface area contributed by atoms with Crippen LogP contribution >= 0.6 is 0 Å². The second-order valence-electron chi connectivity index (χ2n) is 6.13. The van der Waals surface area contributed by atoms with Crippen LogP contribution in [0.3, 0.4) is 0 Å². The standard InChI is InChI=1S/C19H22N6O3S/c1-14-12-16(5-6-17(14)28-2)29(26,27)22-11-10-21-18-7-8-19(25-24-18)23-15-4-3-9-20-13-15/h3-9,12-13,22H,10-11H2,1-2H3,(H,21,24)(H,23,25). The first kappa shape index (κ1) is 20.5. The number of benzene rings is 1. The van der Waals surface area contributed by atoms with Gasteiger partial charge in [0.05, 0.1) is 23.9 Å². The van der Waals surface area contributed by atoms with Crippen molar-refractivity contribution in [2.24, 2.45) is 0 Å². The summed E-state index contributed by atoms with van der Waals surface area (Å²) < 4.78 is 32.5. The Hall–Kier alpha value is -3.24. The summed E-state index contributed by atoms with van der Waals surface area (Å²) in [4.78, 5) is 4.21. The molecule has 1 aromatic carbocycles. The molecule has 2 heterocycles. The minimum atomic E-state index is -3.60. The van der Waals surface area contributed by atoms with Crippen molar-refractivity contribution >= 4 is 27.3 Å². The molecule has 0 aliphatic heterocycles. The first-order valence-corrected chi connectivity index (χ1v) is 10.4. The van der Waals surface area contributed by atoms with Gasteiger partial charge in [0.15, 0.2) is 5.82 Å². The Kier molecular flexibility index (Phi) is 6.57. The third-order valence-electron chi connectivity index (χ3n) is 4.00. The minimum Gasteiger partial charge on any atom is -0.496 e. The van der Waals surface area contributed by atoms with Crippen molar-refractivity contribution < 1.29 is 13.2 Å². The van der Waals surface area contributed by atoms with Crippen LogP contribution in [0.1, 0.15) is 5.56 Å². The van der Waals surface area contributed by atoms with E-state index in [0.29, 0.717) is 23.9 Å². The van der Waals surface area contributed by atoms with Crippen LogP contribution in [0.4, 0.5) is 17.3 Å². The van der Waals surface area contributed by atoms with Gasteiger partial charge in [-0.15, -0.1) is 10.2 Å². The number of nitrogens with zero attached hydrogens (tertiary/aromatic N) is 3. The predicted octanol–water partition coefficient (Wildman–Crippen LogP) is 2.32. The van der Waals surface area contributed by atoms with Crippen LogP contribution in [0.5, 0.6) is 5.75 Å². The van der Waals surface area contributed by atoms with Gasteiger partial charge in [-0.1, -0.05) is 0 Å². The summed E-state index contributed by atoms with van der Waals surface area (Å²) in [5, 5.41) is 14.2. The zero-order valence-corrected chi connectivity index (χ0v) is 16.9. The largest absolute Gasteiger partial charge is 0.496 e. The number of rotatable bonds is 9. The Morgan fingerprint density at radius 1 is 1.03 bits per heavy atom. The molecule has 0 saturated heterocycles. The number of hydrogen-bond donors (Lipinski definition) is 3. The van der Waals surface area contributed by atoms with Crippen molar-refractivity contribution in [2.75, 3.05) is 30.8 Å². The van der Waals surface area contributed by atoms with Crippen molar-refractivity contribution in [1.29, 1.82) is 0 Å². The monoisotopic (exact) mass is 414 g/mol. The van der Waals surface area contributed by atoms with Crippen LogP contribution in [-0.4, -0.2) is 43.8 Å². The molecule has 0 amide bonds. The summed E-state index contributed by atoms with van der Waals surface area (Å²) in [7, 11) is -2.05. The first-order valence-electron chi connectivity index (χ1n) is 8.87. The number of hydrogen-bond acceptors (Lipinski definition) is 8. The molecule has 0 radical (unpaired) electrons. The Labute approximate surface area is 169 Å². The van der Waals surface area contributed by atoms with Crippen molar-refractivity contribution in [1.82, 2.24) is 19.9 Å². The fourth-order valence-electron chi connectivity index (χ4n) is 2.56. The highest BCUT2D eigenvalue weighted by Crippen LogP contribution is 2.21. The summed E-state index contributed by atoms with van der Waals surface area (Å²) in [6, 6.07) is 11.9. The molecule has 0 aliphatic rings. The van der Waals surface area contributed by atoms with Gasteiger partial charge in [-0.2, -0.15) is 0 Å². The molecule has 0 saturated carbocycles. The molecule has 3 rings (SSSR count). The average Bonchev–Trinajstić information content (AvgIpc) is 2.73. The average molecular weight is 414 g/mol. The Bertz CT molecular complexity index is 1040. The SMILES string of the molecule is COc1ccc(S(=O)(=O)NCCNc2ccc(Nc3cccnc3)nn2)cc1C. The summed E-state index contributed by atoms with van der Waals surface area (Å²) in [6.07, 6.45) is 3.37.